The summed E-state index contributed by atoms with van der Waals surface area (Å²) in [5.74, 6) is 2.68. The molecule has 5 rings (SSSR count). The van der Waals surface area contributed by atoms with Crippen molar-refractivity contribution in [1.82, 2.24) is 10.4 Å². The molecule has 2 heterocycles. The van der Waals surface area contributed by atoms with Crippen molar-refractivity contribution < 1.29 is 9.47 Å². The minimum Gasteiger partial charge on any atom is -0.497 e. The first kappa shape index (κ1) is 16.7. The summed E-state index contributed by atoms with van der Waals surface area (Å²) in [5, 5.41) is 2.36. The molecular weight excluding hydrogens is 336 g/mol. The molecule has 2 aromatic rings. The number of ether oxygens (including phenoxy) is 2. The van der Waals surface area contributed by atoms with E-state index in [2.05, 4.69) is 59.8 Å². The third-order valence-corrected chi connectivity index (χ3v) is 6.28. The van der Waals surface area contributed by atoms with E-state index >= 15 is 0 Å². The quantitative estimate of drug-likeness (QED) is 0.824. The third kappa shape index (κ3) is 2.71. The van der Waals surface area contributed by atoms with Crippen LogP contribution in [0.4, 0.5) is 0 Å². The van der Waals surface area contributed by atoms with Crippen LogP contribution in [0.15, 0.2) is 54.6 Å². The predicted octanol–water partition coefficient (Wildman–Crippen LogP) is 4.90. The molecule has 1 spiro atoms. The minimum absolute atomic E-state index is 0.195. The largest absolute Gasteiger partial charge is 0.497 e. The molecule has 2 aromatic carbocycles. The van der Waals surface area contributed by atoms with Crippen molar-refractivity contribution in [2.75, 3.05) is 7.11 Å². The van der Waals surface area contributed by atoms with Crippen LogP contribution in [0.25, 0.3) is 5.70 Å². The van der Waals surface area contributed by atoms with Crippen LogP contribution in [-0.4, -0.2) is 17.8 Å². The summed E-state index contributed by atoms with van der Waals surface area (Å²) < 4.78 is 12.0. The topological polar surface area (TPSA) is 33.7 Å². The van der Waals surface area contributed by atoms with E-state index in [9.17, 15) is 0 Å². The van der Waals surface area contributed by atoms with E-state index in [4.69, 9.17) is 9.47 Å². The van der Waals surface area contributed by atoms with Crippen LogP contribution < -0.4 is 14.9 Å². The van der Waals surface area contributed by atoms with Gasteiger partial charge in [-0.15, -0.1) is 0 Å². The van der Waals surface area contributed by atoms with Crippen LogP contribution in [-0.2, 0) is 0 Å². The Labute approximate surface area is 160 Å². The summed E-state index contributed by atoms with van der Waals surface area (Å²) in [4.78, 5) is 0. The van der Waals surface area contributed by atoms with Crippen LogP contribution in [0.2, 0.25) is 0 Å². The summed E-state index contributed by atoms with van der Waals surface area (Å²) in [6, 6.07) is 16.9. The van der Waals surface area contributed by atoms with E-state index in [1.54, 1.807) is 7.11 Å². The first-order chi connectivity index (χ1) is 13.2. The van der Waals surface area contributed by atoms with Gasteiger partial charge in [0.15, 0.2) is 5.72 Å². The molecule has 27 heavy (non-hydrogen) atoms. The number of fused-ring (bicyclic) bond motifs is 4. The van der Waals surface area contributed by atoms with Crippen molar-refractivity contribution in [2.24, 2.45) is 5.92 Å². The van der Waals surface area contributed by atoms with Crippen molar-refractivity contribution in [3.8, 4) is 11.5 Å². The van der Waals surface area contributed by atoms with E-state index in [1.807, 2.05) is 12.1 Å². The van der Waals surface area contributed by atoms with Gasteiger partial charge in [-0.1, -0.05) is 25.1 Å². The van der Waals surface area contributed by atoms with Gasteiger partial charge in [0.25, 0.3) is 0 Å². The molecule has 2 aliphatic heterocycles. The van der Waals surface area contributed by atoms with Gasteiger partial charge < -0.3 is 14.9 Å². The molecule has 1 atom stereocenters. The fourth-order valence-corrected chi connectivity index (χ4v) is 4.61. The Kier molecular flexibility index (Phi) is 3.90. The summed E-state index contributed by atoms with van der Waals surface area (Å²) in [6.07, 6.45) is 6.84. The van der Waals surface area contributed by atoms with Gasteiger partial charge in [0.05, 0.1) is 18.8 Å². The first-order valence-electron chi connectivity index (χ1n) is 9.89. The Morgan fingerprint density at radius 2 is 1.81 bits per heavy atom. The Morgan fingerprint density at radius 1 is 1.07 bits per heavy atom. The molecule has 3 aliphatic rings. The van der Waals surface area contributed by atoms with Gasteiger partial charge in [0.1, 0.15) is 11.5 Å². The van der Waals surface area contributed by atoms with Gasteiger partial charge in [-0.25, -0.2) is 0 Å². The van der Waals surface area contributed by atoms with Crippen LogP contribution >= 0.6 is 0 Å². The molecule has 0 saturated heterocycles. The van der Waals surface area contributed by atoms with Gasteiger partial charge in [-0.05, 0) is 60.7 Å². The van der Waals surface area contributed by atoms with Gasteiger partial charge in [0, 0.05) is 18.4 Å². The molecule has 1 fully saturated rings. The first-order valence-corrected chi connectivity index (χ1v) is 9.89. The Hall–Kier alpha value is -2.46. The lowest BCUT2D eigenvalue weighted by atomic mass is 9.82. The second-order valence-corrected chi connectivity index (χ2v) is 8.00. The monoisotopic (exact) mass is 362 g/mol. The van der Waals surface area contributed by atoms with Crippen LogP contribution in [0, 0.1) is 5.92 Å². The van der Waals surface area contributed by atoms with Crippen LogP contribution in [0.5, 0.6) is 11.5 Å². The van der Waals surface area contributed by atoms with E-state index < -0.39 is 0 Å². The van der Waals surface area contributed by atoms with Crippen molar-refractivity contribution in [3.05, 3.63) is 65.7 Å². The third-order valence-electron chi connectivity index (χ3n) is 6.28. The lowest BCUT2D eigenvalue weighted by Gasteiger charge is -2.51. The van der Waals surface area contributed by atoms with Gasteiger partial charge in [0.2, 0.25) is 0 Å². The Balaban J connectivity index is 1.54. The average molecular weight is 362 g/mol. The van der Waals surface area contributed by atoms with Gasteiger partial charge in [-0.3, -0.25) is 0 Å². The molecule has 0 aromatic heterocycles. The molecule has 1 N–H and O–H groups in total. The maximum atomic E-state index is 6.65. The second kappa shape index (κ2) is 6.31. The Bertz CT molecular complexity index is 866. The number of para-hydroxylation sites is 1. The van der Waals surface area contributed by atoms with Crippen LogP contribution in [0.3, 0.4) is 0 Å². The highest BCUT2D eigenvalue weighted by molar-refractivity contribution is 5.68. The summed E-state index contributed by atoms with van der Waals surface area (Å²) in [7, 11) is 1.70. The van der Waals surface area contributed by atoms with Crippen molar-refractivity contribution >= 4 is 5.70 Å². The van der Waals surface area contributed by atoms with Crippen molar-refractivity contribution in [2.45, 2.75) is 44.4 Å². The standard InChI is InChI=1S/C23H26N2O2/c1-16-11-13-23(14-12-16)25-21(19-5-3-4-6-22(19)27-23)15-20(24-25)17-7-9-18(26-2)10-8-17/h3-10,15-16,21,24H,11-14H2,1-2H3/t16?,21-,23?/m0/s1. The zero-order chi connectivity index (χ0) is 18.4. The van der Waals surface area contributed by atoms with Crippen molar-refractivity contribution in [1.29, 1.82) is 0 Å². The summed E-state index contributed by atoms with van der Waals surface area (Å²) in [5.41, 5.74) is 6.97. The molecule has 4 nitrogen and oxygen atoms in total. The number of rotatable bonds is 2. The molecule has 0 amide bonds. The molecule has 1 aliphatic carbocycles. The number of hydrazine groups is 1. The highest BCUT2D eigenvalue weighted by atomic mass is 16.5. The minimum atomic E-state index is -0.268. The molecule has 140 valence electrons. The van der Waals surface area contributed by atoms with Crippen molar-refractivity contribution in [3.63, 3.8) is 0 Å². The fourth-order valence-electron chi connectivity index (χ4n) is 4.61. The number of methoxy groups -OCH3 is 1. The number of benzene rings is 2. The Morgan fingerprint density at radius 3 is 2.56 bits per heavy atom. The van der Waals surface area contributed by atoms with Gasteiger partial charge >= 0.3 is 0 Å². The smallest absolute Gasteiger partial charge is 0.180 e. The molecule has 0 unspecified atom stereocenters. The number of hydrogen-bond donors (Lipinski definition) is 1. The van der Waals surface area contributed by atoms with E-state index in [-0.39, 0.29) is 11.8 Å². The summed E-state index contributed by atoms with van der Waals surface area (Å²) in [6.45, 7) is 2.35. The predicted molar refractivity (Wildman–Crippen MR) is 106 cm³/mol. The maximum Gasteiger partial charge on any atom is 0.180 e. The molecule has 0 bridgehead atoms. The highest BCUT2D eigenvalue weighted by Crippen LogP contribution is 2.50. The average Bonchev–Trinajstić information content (AvgIpc) is 3.17. The SMILES string of the molecule is COc1ccc(C2=C[C@H]3c4ccccc4OC4(CCC(C)CC4)N3N2)cc1. The lowest BCUT2D eigenvalue weighted by molar-refractivity contribution is -0.155. The normalized spacial score (nSPS) is 29.3. The molecule has 4 heteroatoms. The maximum absolute atomic E-state index is 6.65. The van der Waals surface area contributed by atoms with E-state index in [0.717, 1.165) is 36.0 Å². The molecule has 0 radical (unpaired) electrons. The van der Waals surface area contributed by atoms with E-state index in [0.29, 0.717) is 0 Å². The fraction of sp³-hybridized carbons (Fsp3) is 0.391. The number of nitrogens with zero attached hydrogens (tertiary/aromatic N) is 1. The molecular formula is C23H26N2O2. The zero-order valence-corrected chi connectivity index (χ0v) is 15.9. The lowest BCUT2D eigenvalue weighted by Crippen LogP contribution is -2.60. The number of nitrogens with one attached hydrogen (secondary N) is 1. The summed E-state index contributed by atoms with van der Waals surface area (Å²) >= 11 is 0. The zero-order valence-electron chi connectivity index (χ0n) is 15.9. The van der Waals surface area contributed by atoms with E-state index in [1.165, 1.54) is 24.0 Å². The van der Waals surface area contributed by atoms with Gasteiger partial charge in [-0.2, -0.15) is 5.01 Å². The second-order valence-electron chi connectivity index (χ2n) is 8.00. The van der Waals surface area contributed by atoms with Crippen LogP contribution in [0.1, 0.15) is 49.8 Å². The number of hydrogen-bond acceptors (Lipinski definition) is 4. The molecule has 1 saturated carbocycles. The highest BCUT2D eigenvalue weighted by Gasteiger charge is 2.51.